The second kappa shape index (κ2) is 12.5. The molecule has 0 spiro atoms. The monoisotopic (exact) mass is 549 g/mol. The quantitative estimate of drug-likeness (QED) is 0.376. The maximum atomic E-state index is 14.1. The first-order valence-corrected chi connectivity index (χ1v) is 14.6. The molecule has 0 heterocycles. The van der Waals surface area contributed by atoms with Crippen molar-refractivity contribution < 1.29 is 18.0 Å². The molecule has 0 aliphatic heterocycles. The van der Waals surface area contributed by atoms with Gasteiger partial charge in [0.25, 0.3) is 10.0 Å². The van der Waals surface area contributed by atoms with Crippen molar-refractivity contribution in [2.75, 3.05) is 10.8 Å². The topological polar surface area (TPSA) is 86.8 Å². The van der Waals surface area contributed by atoms with Gasteiger partial charge in [-0.2, -0.15) is 0 Å². The molecular weight excluding hydrogens is 510 g/mol. The van der Waals surface area contributed by atoms with Crippen LogP contribution in [-0.2, 0) is 26.2 Å². The third-order valence-electron chi connectivity index (χ3n) is 6.39. The van der Waals surface area contributed by atoms with Gasteiger partial charge >= 0.3 is 0 Å². The second-order valence-corrected chi connectivity index (χ2v) is 12.6. The van der Waals surface area contributed by atoms with Gasteiger partial charge in [-0.1, -0.05) is 61.5 Å². The van der Waals surface area contributed by atoms with Gasteiger partial charge in [0.15, 0.2) is 0 Å². The lowest BCUT2D eigenvalue weighted by Crippen LogP contribution is -2.55. The molecule has 1 N–H and O–H groups in total. The van der Waals surface area contributed by atoms with Crippen molar-refractivity contribution >= 4 is 27.5 Å². The van der Waals surface area contributed by atoms with E-state index in [0.717, 1.165) is 21.0 Å². The number of benzene rings is 3. The third kappa shape index (κ3) is 7.69. The summed E-state index contributed by atoms with van der Waals surface area (Å²) in [4.78, 5) is 29.1. The van der Waals surface area contributed by atoms with Gasteiger partial charge < -0.3 is 10.2 Å². The van der Waals surface area contributed by atoms with Crippen LogP contribution in [0.25, 0.3) is 0 Å². The molecule has 0 bridgehead atoms. The molecule has 3 rings (SSSR count). The normalized spacial score (nSPS) is 12.5. The van der Waals surface area contributed by atoms with Gasteiger partial charge in [0.05, 0.1) is 10.6 Å². The molecule has 0 radical (unpaired) electrons. The number of carbonyl (C=O) groups is 2. The van der Waals surface area contributed by atoms with Gasteiger partial charge in [-0.05, 0) is 82.0 Å². The van der Waals surface area contributed by atoms with Crippen LogP contribution >= 0.6 is 0 Å². The van der Waals surface area contributed by atoms with E-state index in [-0.39, 0.29) is 17.3 Å². The van der Waals surface area contributed by atoms with Crippen molar-refractivity contribution in [2.24, 2.45) is 0 Å². The maximum absolute atomic E-state index is 14.1. The summed E-state index contributed by atoms with van der Waals surface area (Å²) < 4.78 is 28.8. The maximum Gasteiger partial charge on any atom is 0.264 e. The van der Waals surface area contributed by atoms with Gasteiger partial charge in [-0.15, -0.1) is 0 Å². The average molecular weight is 550 g/mol. The van der Waals surface area contributed by atoms with E-state index in [0.29, 0.717) is 12.1 Å². The number of nitrogens with one attached hydrogen (secondary N) is 1. The summed E-state index contributed by atoms with van der Waals surface area (Å²) in [6.07, 6.45) is 0.370. The van der Waals surface area contributed by atoms with Crippen molar-refractivity contribution in [3.8, 4) is 0 Å². The highest BCUT2D eigenvalue weighted by atomic mass is 32.2. The molecule has 2 amide bonds. The number of sulfonamides is 1. The van der Waals surface area contributed by atoms with Crippen molar-refractivity contribution in [1.82, 2.24) is 10.2 Å². The predicted octanol–water partition coefficient (Wildman–Crippen LogP) is 5.22. The van der Waals surface area contributed by atoms with Gasteiger partial charge in [0.1, 0.15) is 12.6 Å². The fourth-order valence-corrected chi connectivity index (χ4v) is 5.80. The van der Waals surface area contributed by atoms with E-state index in [1.165, 1.54) is 17.0 Å². The summed E-state index contributed by atoms with van der Waals surface area (Å²) in [7, 11) is -4.08. The van der Waals surface area contributed by atoms with Gasteiger partial charge in [-0.3, -0.25) is 13.9 Å². The zero-order valence-corrected chi connectivity index (χ0v) is 24.5. The molecule has 208 valence electrons. The molecule has 0 saturated carbocycles. The highest BCUT2D eigenvalue weighted by molar-refractivity contribution is 7.92. The molecule has 0 aliphatic carbocycles. The van der Waals surface area contributed by atoms with Gasteiger partial charge in [0, 0.05) is 12.1 Å². The number of nitrogens with zero attached hydrogens (tertiary/aromatic N) is 2. The van der Waals surface area contributed by atoms with Crippen LogP contribution in [0.1, 0.15) is 50.8 Å². The summed E-state index contributed by atoms with van der Waals surface area (Å²) in [5, 5.41) is 2.99. The zero-order valence-electron chi connectivity index (χ0n) is 23.6. The van der Waals surface area contributed by atoms with E-state index in [1.54, 1.807) is 36.4 Å². The molecule has 0 aliphatic rings. The van der Waals surface area contributed by atoms with Crippen LogP contribution in [0.15, 0.2) is 83.8 Å². The molecule has 39 heavy (non-hydrogen) atoms. The molecule has 1 atom stereocenters. The Morgan fingerprint density at radius 3 is 2.13 bits per heavy atom. The summed E-state index contributed by atoms with van der Waals surface area (Å²) >= 11 is 0. The summed E-state index contributed by atoms with van der Waals surface area (Å²) in [5.41, 5.74) is 2.62. The van der Waals surface area contributed by atoms with Gasteiger partial charge in [0.2, 0.25) is 11.8 Å². The van der Waals surface area contributed by atoms with Crippen LogP contribution in [0.4, 0.5) is 5.69 Å². The Balaban J connectivity index is 2.08. The molecule has 8 heteroatoms. The Morgan fingerprint density at radius 2 is 1.54 bits per heavy atom. The number of rotatable bonds is 10. The van der Waals surface area contributed by atoms with Crippen molar-refractivity contribution in [1.29, 1.82) is 0 Å². The number of hydrogen-bond donors (Lipinski definition) is 1. The molecular formula is C31H39N3O4S. The molecule has 3 aromatic carbocycles. The largest absolute Gasteiger partial charge is 0.350 e. The van der Waals surface area contributed by atoms with Crippen molar-refractivity contribution in [3.63, 3.8) is 0 Å². The van der Waals surface area contributed by atoms with Crippen LogP contribution in [0.3, 0.4) is 0 Å². The third-order valence-corrected chi connectivity index (χ3v) is 8.17. The number of amides is 2. The Hall–Kier alpha value is -3.65. The lowest BCUT2D eigenvalue weighted by atomic mass is 10.0. The smallest absolute Gasteiger partial charge is 0.264 e. The van der Waals surface area contributed by atoms with Crippen molar-refractivity contribution in [2.45, 2.75) is 71.0 Å². The Morgan fingerprint density at radius 1 is 0.897 bits per heavy atom. The molecule has 0 unspecified atom stereocenters. The van der Waals surface area contributed by atoms with E-state index in [1.807, 2.05) is 71.9 Å². The Kier molecular flexibility index (Phi) is 9.56. The minimum absolute atomic E-state index is 0.0854. The van der Waals surface area contributed by atoms with Crippen LogP contribution in [0.2, 0.25) is 0 Å². The highest BCUT2D eigenvalue weighted by Gasteiger charge is 2.34. The number of anilines is 1. The van der Waals surface area contributed by atoms with E-state index in [9.17, 15) is 18.0 Å². The Bertz CT molecular complexity index is 1400. The van der Waals surface area contributed by atoms with Crippen LogP contribution in [0.5, 0.6) is 0 Å². The number of aryl methyl sites for hydroxylation is 2. The number of carbonyl (C=O) groups excluding carboxylic acids is 2. The van der Waals surface area contributed by atoms with Crippen LogP contribution in [0, 0.1) is 13.8 Å². The SMILES string of the molecule is CC[C@@H](C(=O)NC(C)(C)C)N(Cc1ccccc1C)C(=O)CN(c1cccc(C)c1)S(=O)(=O)c1ccccc1. The molecule has 0 saturated heterocycles. The first-order valence-electron chi connectivity index (χ1n) is 13.1. The summed E-state index contributed by atoms with van der Waals surface area (Å²) in [5.74, 6) is -0.741. The van der Waals surface area contributed by atoms with Gasteiger partial charge in [-0.25, -0.2) is 8.42 Å². The molecule has 0 aromatic heterocycles. The molecule has 7 nitrogen and oxygen atoms in total. The number of hydrogen-bond acceptors (Lipinski definition) is 4. The lowest BCUT2D eigenvalue weighted by Gasteiger charge is -2.35. The summed E-state index contributed by atoms with van der Waals surface area (Å²) in [6.45, 7) is 11.1. The minimum atomic E-state index is -4.08. The fourth-order valence-electron chi connectivity index (χ4n) is 4.37. The van der Waals surface area contributed by atoms with E-state index < -0.39 is 34.1 Å². The zero-order chi connectivity index (χ0) is 28.8. The Labute approximate surface area is 232 Å². The average Bonchev–Trinajstić information content (AvgIpc) is 2.87. The highest BCUT2D eigenvalue weighted by Crippen LogP contribution is 2.26. The predicted molar refractivity (Wildman–Crippen MR) is 156 cm³/mol. The van der Waals surface area contributed by atoms with Crippen LogP contribution < -0.4 is 9.62 Å². The lowest BCUT2D eigenvalue weighted by molar-refractivity contribution is -0.141. The molecule has 3 aromatic rings. The summed E-state index contributed by atoms with van der Waals surface area (Å²) in [6, 6.07) is 22.0. The van der Waals surface area contributed by atoms with Crippen LogP contribution in [-0.4, -0.2) is 43.3 Å². The van der Waals surface area contributed by atoms with E-state index in [2.05, 4.69) is 5.32 Å². The van der Waals surface area contributed by atoms with E-state index >= 15 is 0 Å². The van der Waals surface area contributed by atoms with Crippen molar-refractivity contribution in [3.05, 3.63) is 95.6 Å². The minimum Gasteiger partial charge on any atom is -0.350 e. The fraction of sp³-hybridized carbons (Fsp3) is 0.355. The molecule has 0 fully saturated rings. The standard InChI is InChI=1S/C31H39N3O4S/c1-7-28(30(36)32-31(4,5)6)33(21-25-16-12-11-15-24(25)3)29(35)22-34(26-17-13-14-23(2)20-26)39(37,38)27-18-9-8-10-19-27/h8-20,28H,7,21-22H2,1-6H3,(H,32,36)/t28-/m0/s1. The van der Waals surface area contributed by atoms with E-state index in [4.69, 9.17) is 0 Å². The first kappa shape index (κ1) is 29.9. The second-order valence-electron chi connectivity index (χ2n) is 10.8. The first-order chi connectivity index (χ1) is 18.3.